The van der Waals surface area contributed by atoms with E-state index in [-0.39, 0.29) is 6.61 Å². The fraction of sp³-hybridized carbons (Fsp3) is 0.571. The Labute approximate surface area is 113 Å². The molecule has 1 aromatic rings. The molecule has 1 aromatic carbocycles. The zero-order valence-corrected chi connectivity index (χ0v) is 11.8. The Morgan fingerprint density at radius 1 is 1.33 bits per heavy atom. The van der Waals surface area contributed by atoms with E-state index in [0.29, 0.717) is 24.0 Å². The normalized spacial score (nSPS) is 14.7. The maximum absolute atomic E-state index is 9.57. The number of fused-ring (bicyclic) bond motifs is 1. The molecular weight excluding hydrogens is 252 g/mol. The first kappa shape index (κ1) is 13.5. The van der Waals surface area contributed by atoms with Gasteiger partial charge in [-0.3, -0.25) is 0 Å². The lowest BCUT2D eigenvalue weighted by Gasteiger charge is -2.30. The highest BCUT2D eigenvalue weighted by atomic mass is 35.5. The molecule has 1 heterocycles. The van der Waals surface area contributed by atoms with Crippen LogP contribution in [0.2, 0.25) is 5.02 Å². The first-order chi connectivity index (χ1) is 8.51. The van der Waals surface area contributed by atoms with Gasteiger partial charge in [0.2, 0.25) is 0 Å². The maximum Gasteiger partial charge on any atom is 0.164 e. The lowest BCUT2D eigenvalue weighted by atomic mass is 9.81. The van der Waals surface area contributed by atoms with Gasteiger partial charge in [0.25, 0.3) is 0 Å². The van der Waals surface area contributed by atoms with Gasteiger partial charge in [0.15, 0.2) is 11.5 Å². The van der Waals surface area contributed by atoms with E-state index in [1.54, 1.807) is 6.07 Å². The van der Waals surface area contributed by atoms with Gasteiger partial charge in [-0.1, -0.05) is 32.4 Å². The molecule has 18 heavy (non-hydrogen) atoms. The summed E-state index contributed by atoms with van der Waals surface area (Å²) < 4.78 is 11.3. The number of ether oxygens (including phenoxy) is 2. The molecule has 1 aliphatic heterocycles. The van der Waals surface area contributed by atoms with Gasteiger partial charge in [-0.15, -0.1) is 0 Å². The molecule has 1 N–H and O–H groups in total. The second kappa shape index (κ2) is 4.98. The lowest BCUT2D eigenvalue weighted by molar-refractivity contribution is 0.168. The van der Waals surface area contributed by atoms with Gasteiger partial charge in [-0.05, 0) is 12.0 Å². The van der Waals surface area contributed by atoms with E-state index in [1.807, 2.05) is 13.8 Å². The Morgan fingerprint density at radius 2 is 2.00 bits per heavy atom. The molecule has 4 heteroatoms. The topological polar surface area (TPSA) is 38.7 Å². The van der Waals surface area contributed by atoms with Gasteiger partial charge in [-0.2, -0.15) is 0 Å². The third kappa shape index (κ3) is 2.17. The van der Waals surface area contributed by atoms with Crippen molar-refractivity contribution >= 4 is 11.6 Å². The monoisotopic (exact) mass is 270 g/mol. The summed E-state index contributed by atoms with van der Waals surface area (Å²) in [5.41, 5.74) is 1.60. The number of rotatable bonds is 3. The van der Waals surface area contributed by atoms with Crippen LogP contribution in [0.1, 0.15) is 31.9 Å². The van der Waals surface area contributed by atoms with Crippen LogP contribution in [0.25, 0.3) is 0 Å². The van der Waals surface area contributed by atoms with Crippen LogP contribution in [0.3, 0.4) is 0 Å². The third-order valence-electron chi connectivity index (χ3n) is 3.31. The van der Waals surface area contributed by atoms with Crippen LogP contribution in [0.15, 0.2) is 6.07 Å². The van der Waals surface area contributed by atoms with Gasteiger partial charge >= 0.3 is 0 Å². The largest absolute Gasteiger partial charge is 0.486 e. The summed E-state index contributed by atoms with van der Waals surface area (Å²) in [4.78, 5) is 0. The van der Waals surface area contributed by atoms with Crippen LogP contribution in [-0.2, 0) is 11.8 Å². The van der Waals surface area contributed by atoms with Crippen molar-refractivity contribution in [3.63, 3.8) is 0 Å². The summed E-state index contributed by atoms with van der Waals surface area (Å²) in [7, 11) is 0. The average Bonchev–Trinajstić information content (AvgIpc) is 2.36. The molecule has 0 bridgehead atoms. The van der Waals surface area contributed by atoms with Crippen molar-refractivity contribution < 1.29 is 14.6 Å². The maximum atomic E-state index is 9.57. The minimum atomic E-state index is -0.391. The van der Waals surface area contributed by atoms with Crippen LogP contribution in [0.4, 0.5) is 0 Å². The zero-order valence-electron chi connectivity index (χ0n) is 11.0. The smallest absolute Gasteiger partial charge is 0.164 e. The zero-order chi connectivity index (χ0) is 13.3. The van der Waals surface area contributed by atoms with Gasteiger partial charge in [0, 0.05) is 22.1 Å². The average molecular weight is 271 g/mol. The number of hydrogen-bond donors (Lipinski definition) is 1. The summed E-state index contributed by atoms with van der Waals surface area (Å²) in [6.07, 6.45) is 0.797. The quantitative estimate of drug-likeness (QED) is 0.918. The van der Waals surface area contributed by atoms with E-state index in [1.165, 1.54) is 0 Å². The van der Waals surface area contributed by atoms with E-state index < -0.39 is 5.41 Å². The Hall–Kier alpha value is -0.930. The third-order valence-corrected chi connectivity index (χ3v) is 3.61. The minimum absolute atomic E-state index is 0.0410. The fourth-order valence-electron chi connectivity index (χ4n) is 2.37. The number of aliphatic hydroxyl groups is 1. The first-order valence-electron chi connectivity index (χ1n) is 6.23. The molecule has 0 aromatic heterocycles. The molecule has 2 rings (SSSR count). The molecular formula is C14H19ClO3. The molecule has 0 atom stereocenters. The molecule has 100 valence electrons. The van der Waals surface area contributed by atoms with Crippen molar-refractivity contribution in [1.29, 1.82) is 0 Å². The van der Waals surface area contributed by atoms with Crippen molar-refractivity contribution in [2.75, 3.05) is 19.8 Å². The summed E-state index contributed by atoms with van der Waals surface area (Å²) >= 11 is 6.36. The van der Waals surface area contributed by atoms with Crippen LogP contribution in [0.5, 0.6) is 11.5 Å². The van der Waals surface area contributed by atoms with Gasteiger partial charge in [0.1, 0.15) is 13.2 Å². The summed E-state index contributed by atoms with van der Waals surface area (Å²) in [5, 5.41) is 10.2. The molecule has 0 amide bonds. The second-order valence-electron chi connectivity index (χ2n) is 5.13. The van der Waals surface area contributed by atoms with Gasteiger partial charge in [-0.25, -0.2) is 0 Å². The van der Waals surface area contributed by atoms with Crippen LogP contribution in [-0.4, -0.2) is 24.9 Å². The predicted octanol–water partition coefficient (Wildman–Crippen LogP) is 2.94. The molecule has 0 saturated carbocycles. The predicted molar refractivity (Wildman–Crippen MR) is 71.9 cm³/mol. The minimum Gasteiger partial charge on any atom is -0.486 e. The fourth-order valence-corrected chi connectivity index (χ4v) is 2.84. The number of hydrogen-bond acceptors (Lipinski definition) is 3. The van der Waals surface area contributed by atoms with E-state index in [9.17, 15) is 5.11 Å². The molecule has 3 nitrogen and oxygen atoms in total. The Morgan fingerprint density at radius 3 is 2.61 bits per heavy atom. The Kier molecular flexibility index (Phi) is 3.74. The van der Waals surface area contributed by atoms with E-state index >= 15 is 0 Å². The standard InChI is InChI=1S/C14H19ClO3/c1-4-9-12(14(2,3)8-16)10(15)7-11-13(9)18-6-5-17-11/h7,16H,4-6,8H2,1-3H3. The lowest BCUT2D eigenvalue weighted by Crippen LogP contribution is -2.26. The van der Waals surface area contributed by atoms with Crippen LogP contribution >= 0.6 is 11.6 Å². The molecule has 0 aliphatic carbocycles. The van der Waals surface area contributed by atoms with E-state index in [2.05, 4.69) is 6.92 Å². The Bertz CT molecular complexity index is 455. The molecule has 0 fully saturated rings. The van der Waals surface area contributed by atoms with Crippen molar-refractivity contribution in [2.24, 2.45) is 0 Å². The molecule has 0 saturated heterocycles. The molecule has 0 radical (unpaired) electrons. The van der Waals surface area contributed by atoms with Crippen molar-refractivity contribution in [3.8, 4) is 11.5 Å². The number of aliphatic hydroxyl groups excluding tert-OH is 1. The van der Waals surface area contributed by atoms with Crippen molar-refractivity contribution in [1.82, 2.24) is 0 Å². The van der Waals surface area contributed by atoms with Gasteiger partial charge in [0.05, 0.1) is 6.61 Å². The SMILES string of the molecule is CCc1c2c(cc(Cl)c1C(C)(C)CO)OCCO2. The number of halogens is 1. The molecule has 1 aliphatic rings. The summed E-state index contributed by atoms with van der Waals surface area (Å²) in [6, 6.07) is 1.79. The van der Waals surface area contributed by atoms with Crippen LogP contribution in [0, 0.1) is 0 Å². The van der Waals surface area contributed by atoms with Gasteiger partial charge < -0.3 is 14.6 Å². The highest BCUT2D eigenvalue weighted by Gasteiger charge is 2.30. The Balaban J connectivity index is 2.66. The van der Waals surface area contributed by atoms with Crippen molar-refractivity contribution in [3.05, 3.63) is 22.2 Å². The number of benzene rings is 1. The molecule has 0 unspecified atom stereocenters. The highest BCUT2D eigenvalue weighted by Crippen LogP contribution is 2.44. The molecule has 0 spiro atoms. The van der Waals surface area contributed by atoms with Crippen molar-refractivity contribution in [2.45, 2.75) is 32.6 Å². The summed E-state index contributed by atoms with van der Waals surface area (Å²) in [5.74, 6) is 1.49. The van der Waals surface area contributed by atoms with E-state index in [0.717, 1.165) is 23.3 Å². The summed E-state index contributed by atoms with van der Waals surface area (Å²) in [6.45, 7) is 7.16. The second-order valence-corrected chi connectivity index (χ2v) is 5.54. The van der Waals surface area contributed by atoms with E-state index in [4.69, 9.17) is 21.1 Å². The first-order valence-corrected chi connectivity index (χ1v) is 6.61. The van der Waals surface area contributed by atoms with Crippen LogP contribution < -0.4 is 9.47 Å². The highest BCUT2D eigenvalue weighted by molar-refractivity contribution is 6.31.